The summed E-state index contributed by atoms with van der Waals surface area (Å²) in [6.45, 7) is 6.57. The molecule has 25 heavy (non-hydrogen) atoms. The lowest BCUT2D eigenvalue weighted by Crippen LogP contribution is -2.43. The smallest absolute Gasteiger partial charge is 0.0892 e. The SMILES string of the molecule is Cc1ncsc1CN1CCC2(CC1)C[C@H](OCc1ccccn1)CO2. The Balaban J connectivity index is 1.25. The number of pyridine rings is 1. The maximum absolute atomic E-state index is 6.21. The predicted molar refractivity (Wildman–Crippen MR) is 97.5 cm³/mol. The van der Waals surface area contributed by atoms with Crippen molar-refractivity contribution in [3.63, 3.8) is 0 Å². The largest absolute Gasteiger partial charge is 0.372 e. The topological polar surface area (TPSA) is 47.5 Å². The van der Waals surface area contributed by atoms with E-state index in [-0.39, 0.29) is 11.7 Å². The fourth-order valence-electron chi connectivity index (χ4n) is 3.74. The standard InChI is InChI=1S/C19H25N3O2S/c1-15-18(25-14-21-15)11-22-8-5-19(6-9-22)10-17(13-24-19)23-12-16-4-2-3-7-20-16/h2-4,7,14,17H,5-6,8-13H2,1H3/t17-/m0/s1. The van der Waals surface area contributed by atoms with Gasteiger partial charge in [-0.3, -0.25) is 9.88 Å². The lowest BCUT2D eigenvalue weighted by atomic mass is 9.88. The summed E-state index contributed by atoms with van der Waals surface area (Å²) in [5.74, 6) is 0. The normalized spacial score (nSPS) is 23.3. The Bertz CT molecular complexity index is 683. The highest BCUT2D eigenvalue weighted by molar-refractivity contribution is 7.09. The highest BCUT2D eigenvalue weighted by Gasteiger charge is 2.43. The van der Waals surface area contributed by atoms with Gasteiger partial charge in [0, 0.05) is 37.1 Å². The van der Waals surface area contributed by atoms with Crippen molar-refractivity contribution >= 4 is 11.3 Å². The number of piperidine rings is 1. The molecule has 0 aliphatic carbocycles. The molecule has 4 heterocycles. The van der Waals surface area contributed by atoms with Gasteiger partial charge in [0.25, 0.3) is 0 Å². The second-order valence-corrected chi connectivity index (χ2v) is 8.03. The minimum atomic E-state index is 0.0219. The molecular formula is C19H25N3O2S. The summed E-state index contributed by atoms with van der Waals surface area (Å²) >= 11 is 1.76. The van der Waals surface area contributed by atoms with Crippen LogP contribution >= 0.6 is 11.3 Å². The van der Waals surface area contributed by atoms with E-state index in [2.05, 4.69) is 21.8 Å². The minimum absolute atomic E-state index is 0.0219. The summed E-state index contributed by atoms with van der Waals surface area (Å²) in [5, 5.41) is 0. The first-order valence-electron chi connectivity index (χ1n) is 8.99. The van der Waals surface area contributed by atoms with Crippen molar-refractivity contribution in [2.75, 3.05) is 19.7 Å². The molecule has 2 fully saturated rings. The van der Waals surface area contributed by atoms with Gasteiger partial charge in [0.05, 0.1) is 41.8 Å². The van der Waals surface area contributed by atoms with Gasteiger partial charge in [-0.05, 0) is 31.9 Å². The van der Waals surface area contributed by atoms with Crippen LogP contribution in [0.25, 0.3) is 0 Å². The first kappa shape index (κ1) is 17.1. The molecule has 2 aliphatic rings. The number of rotatable bonds is 5. The molecule has 5 nitrogen and oxygen atoms in total. The van der Waals surface area contributed by atoms with Gasteiger partial charge in [-0.1, -0.05) is 6.07 Å². The van der Waals surface area contributed by atoms with Crippen LogP contribution in [0.15, 0.2) is 29.9 Å². The number of thiazole rings is 1. The summed E-state index contributed by atoms with van der Waals surface area (Å²) in [6.07, 6.45) is 5.19. The maximum atomic E-state index is 6.21. The van der Waals surface area contributed by atoms with E-state index in [4.69, 9.17) is 9.47 Å². The Morgan fingerprint density at radius 3 is 2.92 bits per heavy atom. The second-order valence-electron chi connectivity index (χ2n) is 7.09. The van der Waals surface area contributed by atoms with Crippen LogP contribution in [0.3, 0.4) is 0 Å². The fraction of sp³-hybridized carbons (Fsp3) is 0.579. The molecular weight excluding hydrogens is 334 g/mol. The average molecular weight is 359 g/mol. The van der Waals surface area contributed by atoms with Gasteiger partial charge in [0.1, 0.15) is 0 Å². The Morgan fingerprint density at radius 2 is 2.20 bits per heavy atom. The molecule has 1 spiro atoms. The van der Waals surface area contributed by atoms with E-state index < -0.39 is 0 Å². The van der Waals surface area contributed by atoms with Gasteiger partial charge >= 0.3 is 0 Å². The van der Waals surface area contributed by atoms with Crippen LogP contribution in [-0.4, -0.2) is 46.3 Å². The molecule has 1 atom stereocenters. The van der Waals surface area contributed by atoms with Crippen LogP contribution < -0.4 is 0 Å². The van der Waals surface area contributed by atoms with Gasteiger partial charge in [-0.2, -0.15) is 0 Å². The molecule has 0 aromatic carbocycles. The van der Waals surface area contributed by atoms with Crippen molar-refractivity contribution in [3.05, 3.63) is 46.2 Å². The summed E-state index contributed by atoms with van der Waals surface area (Å²) in [5.41, 5.74) is 4.12. The van der Waals surface area contributed by atoms with E-state index in [0.717, 1.165) is 44.6 Å². The molecule has 0 amide bonds. The monoisotopic (exact) mass is 359 g/mol. The van der Waals surface area contributed by atoms with E-state index in [1.807, 2.05) is 29.9 Å². The number of aryl methyl sites for hydroxylation is 1. The van der Waals surface area contributed by atoms with Crippen molar-refractivity contribution < 1.29 is 9.47 Å². The predicted octanol–water partition coefficient (Wildman–Crippen LogP) is 3.19. The van der Waals surface area contributed by atoms with Gasteiger partial charge < -0.3 is 9.47 Å². The summed E-state index contributed by atoms with van der Waals surface area (Å²) in [7, 11) is 0. The van der Waals surface area contributed by atoms with E-state index in [9.17, 15) is 0 Å². The number of hydrogen-bond donors (Lipinski definition) is 0. The molecule has 2 aromatic heterocycles. The van der Waals surface area contributed by atoms with Crippen LogP contribution in [0.5, 0.6) is 0 Å². The molecule has 6 heteroatoms. The van der Waals surface area contributed by atoms with E-state index in [0.29, 0.717) is 13.2 Å². The highest BCUT2D eigenvalue weighted by Crippen LogP contribution is 2.37. The first-order valence-corrected chi connectivity index (χ1v) is 9.87. The second kappa shape index (κ2) is 7.50. The minimum Gasteiger partial charge on any atom is -0.372 e. The van der Waals surface area contributed by atoms with Crippen LogP contribution in [0.1, 0.15) is 35.5 Å². The third-order valence-electron chi connectivity index (χ3n) is 5.35. The Labute approximate surface area is 153 Å². The lowest BCUT2D eigenvalue weighted by Gasteiger charge is -2.38. The summed E-state index contributed by atoms with van der Waals surface area (Å²) in [4.78, 5) is 12.6. The quantitative estimate of drug-likeness (QED) is 0.820. The lowest BCUT2D eigenvalue weighted by molar-refractivity contribution is -0.0467. The number of ether oxygens (including phenoxy) is 2. The summed E-state index contributed by atoms with van der Waals surface area (Å²) < 4.78 is 12.2. The maximum Gasteiger partial charge on any atom is 0.0892 e. The number of likely N-dealkylation sites (tertiary alicyclic amines) is 1. The first-order chi connectivity index (χ1) is 12.2. The van der Waals surface area contributed by atoms with Gasteiger partial charge in [0.2, 0.25) is 0 Å². The molecule has 0 saturated carbocycles. The average Bonchev–Trinajstić information content (AvgIpc) is 3.23. The van der Waals surface area contributed by atoms with E-state index >= 15 is 0 Å². The summed E-state index contributed by atoms with van der Waals surface area (Å²) in [6, 6.07) is 5.93. The fourth-order valence-corrected chi connectivity index (χ4v) is 4.56. The van der Waals surface area contributed by atoms with Crippen LogP contribution in [0.4, 0.5) is 0 Å². The van der Waals surface area contributed by atoms with Crippen LogP contribution in [-0.2, 0) is 22.6 Å². The molecule has 4 rings (SSSR count). The van der Waals surface area contributed by atoms with Gasteiger partial charge in [0.15, 0.2) is 0 Å². The molecule has 0 bridgehead atoms. The third-order valence-corrected chi connectivity index (χ3v) is 6.27. The zero-order valence-electron chi connectivity index (χ0n) is 14.7. The number of hydrogen-bond acceptors (Lipinski definition) is 6. The van der Waals surface area contributed by atoms with Crippen molar-refractivity contribution in [2.24, 2.45) is 0 Å². The van der Waals surface area contributed by atoms with Crippen molar-refractivity contribution in [1.29, 1.82) is 0 Å². The zero-order chi connectivity index (χ0) is 17.1. The molecule has 2 aliphatic heterocycles. The highest BCUT2D eigenvalue weighted by atomic mass is 32.1. The van der Waals surface area contributed by atoms with Crippen LogP contribution in [0, 0.1) is 6.92 Å². The van der Waals surface area contributed by atoms with Gasteiger partial charge in [-0.15, -0.1) is 11.3 Å². The van der Waals surface area contributed by atoms with E-state index in [1.165, 1.54) is 10.6 Å². The van der Waals surface area contributed by atoms with Crippen molar-refractivity contribution in [1.82, 2.24) is 14.9 Å². The third kappa shape index (κ3) is 4.08. The van der Waals surface area contributed by atoms with Crippen molar-refractivity contribution in [3.8, 4) is 0 Å². The molecule has 2 aromatic rings. The van der Waals surface area contributed by atoms with Crippen molar-refractivity contribution in [2.45, 2.75) is 51.0 Å². The zero-order valence-corrected chi connectivity index (χ0v) is 15.5. The number of nitrogens with zero attached hydrogens (tertiary/aromatic N) is 3. The van der Waals surface area contributed by atoms with Gasteiger partial charge in [-0.25, -0.2) is 4.98 Å². The molecule has 0 radical (unpaired) electrons. The van der Waals surface area contributed by atoms with Crippen LogP contribution in [0.2, 0.25) is 0 Å². The molecule has 2 saturated heterocycles. The Hall–Kier alpha value is -1.34. The Morgan fingerprint density at radius 1 is 1.32 bits per heavy atom. The molecule has 134 valence electrons. The molecule has 0 unspecified atom stereocenters. The Kier molecular flexibility index (Phi) is 5.12. The molecule has 0 N–H and O–H groups in total. The van der Waals surface area contributed by atoms with E-state index in [1.54, 1.807) is 11.3 Å². The number of aromatic nitrogens is 2.